The largest absolute Gasteiger partial charge is 0.475 e. The van der Waals surface area contributed by atoms with Gasteiger partial charge in [-0.25, -0.2) is 0 Å². The number of hydrogen-bond donors (Lipinski definition) is 0. The third-order valence-corrected chi connectivity index (χ3v) is 7.50. The molecule has 4 heteroatoms. The third-order valence-electron chi connectivity index (χ3n) is 6.44. The zero-order valence-electron chi connectivity index (χ0n) is 17.6. The van der Waals surface area contributed by atoms with E-state index in [2.05, 4.69) is 47.4 Å². The lowest BCUT2D eigenvalue weighted by atomic mass is 10.0. The topological polar surface area (TPSA) is 25.4 Å². The van der Waals surface area contributed by atoms with Crippen LogP contribution in [-0.4, -0.2) is 22.7 Å². The van der Waals surface area contributed by atoms with E-state index in [9.17, 15) is 0 Å². The Kier molecular flexibility index (Phi) is 6.24. The van der Waals surface area contributed by atoms with Crippen molar-refractivity contribution in [2.24, 2.45) is 0 Å². The molecule has 3 nitrogen and oxygen atoms in total. The molecule has 0 bridgehead atoms. The van der Waals surface area contributed by atoms with Crippen LogP contribution in [0.4, 0.5) is 0 Å². The fraction of sp³-hybridized carbons (Fsp3) is 0.423. The van der Waals surface area contributed by atoms with Crippen molar-refractivity contribution in [3.05, 3.63) is 70.8 Å². The van der Waals surface area contributed by atoms with E-state index < -0.39 is 0 Å². The van der Waals surface area contributed by atoms with Gasteiger partial charge in [-0.05, 0) is 43.0 Å². The van der Waals surface area contributed by atoms with Crippen LogP contribution in [0.15, 0.2) is 59.7 Å². The highest BCUT2D eigenvalue weighted by Gasteiger charge is 2.27. The number of benzene rings is 1. The van der Waals surface area contributed by atoms with Crippen molar-refractivity contribution >= 4 is 22.7 Å². The van der Waals surface area contributed by atoms with Gasteiger partial charge in [0.15, 0.2) is 5.75 Å². The maximum atomic E-state index is 6.33. The molecule has 2 aromatic rings. The molecule has 0 spiro atoms. The highest BCUT2D eigenvalue weighted by molar-refractivity contribution is 8.02. The van der Waals surface area contributed by atoms with Gasteiger partial charge in [0.1, 0.15) is 12.2 Å². The lowest BCUT2D eigenvalue weighted by Crippen LogP contribution is -2.40. The average molecular weight is 419 g/mol. The predicted octanol–water partition coefficient (Wildman–Crippen LogP) is 6.74. The van der Waals surface area contributed by atoms with E-state index in [-0.39, 0.29) is 0 Å². The molecule has 0 unspecified atom stereocenters. The second kappa shape index (κ2) is 9.40. The van der Waals surface area contributed by atoms with Crippen LogP contribution >= 0.6 is 11.8 Å². The molecule has 0 atom stereocenters. The van der Waals surface area contributed by atoms with E-state index in [1.165, 1.54) is 59.9 Å². The third kappa shape index (κ3) is 4.35. The van der Waals surface area contributed by atoms with Crippen LogP contribution in [0.1, 0.15) is 56.1 Å². The van der Waals surface area contributed by atoms with Crippen molar-refractivity contribution in [2.75, 3.05) is 6.73 Å². The normalized spacial score (nSPS) is 20.3. The molecule has 0 N–H and O–H groups in total. The number of nitrogens with zero attached hydrogens (tertiary/aromatic N) is 2. The van der Waals surface area contributed by atoms with Crippen LogP contribution in [0, 0.1) is 0 Å². The molecule has 1 fully saturated rings. The fourth-order valence-corrected chi connectivity index (χ4v) is 5.76. The molecule has 3 aliphatic rings. The second-order valence-electron chi connectivity index (χ2n) is 8.51. The molecular formula is C26H30N2OS. The number of aromatic nitrogens is 1. The predicted molar refractivity (Wildman–Crippen MR) is 127 cm³/mol. The summed E-state index contributed by atoms with van der Waals surface area (Å²) in [6.07, 6.45) is 22.0. The van der Waals surface area contributed by atoms with Crippen molar-refractivity contribution in [1.82, 2.24) is 9.88 Å². The molecule has 156 valence electrons. The van der Waals surface area contributed by atoms with E-state index in [0.717, 1.165) is 30.0 Å². The smallest absolute Gasteiger partial charge is 0.152 e. The fourth-order valence-electron chi connectivity index (χ4n) is 4.84. The molecule has 30 heavy (non-hydrogen) atoms. The van der Waals surface area contributed by atoms with E-state index in [0.29, 0.717) is 12.8 Å². The van der Waals surface area contributed by atoms with Gasteiger partial charge in [0.2, 0.25) is 0 Å². The van der Waals surface area contributed by atoms with Gasteiger partial charge in [0, 0.05) is 40.4 Å². The summed E-state index contributed by atoms with van der Waals surface area (Å²) in [5.74, 6) is 1.95. The van der Waals surface area contributed by atoms with Gasteiger partial charge in [-0.3, -0.25) is 9.88 Å². The van der Waals surface area contributed by atoms with Crippen molar-refractivity contribution in [3.63, 3.8) is 0 Å². The Balaban J connectivity index is 1.42. The minimum Gasteiger partial charge on any atom is -0.475 e. The first-order valence-corrected chi connectivity index (χ1v) is 12.3. The lowest BCUT2D eigenvalue weighted by Gasteiger charge is -2.35. The highest BCUT2D eigenvalue weighted by atomic mass is 32.2. The Hall–Kier alpha value is -2.04. The first-order valence-electron chi connectivity index (χ1n) is 11.3. The SMILES string of the molecule is C1=CCC=CC(SCc2cc3c(c4ncccc24)OCN(C2CCCCCC2)C3)=C1. The molecular weight excluding hydrogens is 388 g/mol. The Morgan fingerprint density at radius 3 is 2.93 bits per heavy atom. The molecule has 5 rings (SSSR count). The van der Waals surface area contributed by atoms with Crippen LogP contribution in [0.2, 0.25) is 0 Å². The number of hydrogen-bond acceptors (Lipinski definition) is 4. The first-order chi connectivity index (χ1) is 14.9. The standard InChI is InChI=1S/C26H30N2OS/c1-2-6-11-22(10-5-1)28-17-20-16-21(18-30-23-12-7-3-4-8-13-23)24-14-9-15-27-25(24)26(20)29-19-28/h3,7-9,12-16,22H,1-2,4-6,10-11,17-19H2. The summed E-state index contributed by atoms with van der Waals surface area (Å²) in [5, 5.41) is 1.22. The Morgan fingerprint density at radius 2 is 2.03 bits per heavy atom. The summed E-state index contributed by atoms with van der Waals surface area (Å²) in [6.45, 7) is 1.68. The Labute approximate surface area is 183 Å². The molecule has 2 aliphatic carbocycles. The molecule has 0 amide bonds. The van der Waals surface area contributed by atoms with Crippen LogP contribution in [0.25, 0.3) is 10.9 Å². The van der Waals surface area contributed by atoms with Crippen LogP contribution in [0.3, 0.4) is 0 Å². The maximum absolute atomic E-state index is 6.33. The summed E-state index contributed by atoms with van der Waals surface area (Å²) in [5.41, 5.74) is 3.68. The number of pyridine rings is 1. The zero-order valence-corrected chi connectivity index (χ0v) is 18.4. The maximum Gasteiger partial charge on any atom is 0.152 e. The van der Waals surface area contributed by atoms with Gasteiger partial charge in [-0.1, -0.05) is 56.1 Å². The average Bonchev–Trinajstić information content (AvgIpc) is 3.22. The molecule has 1 aliphatic heterocycles. The summed E-state index contributed by atoms with van der Waals surface area (Å²) in [7, 11) is 0. The van der Waals surface area contributed by atoms with Gasteiger partial charge in [0.05, 0.1) is 0 Å². The van der Waals surface area contributed by atoms with Crippen molar-refractivity contribution in [2.45, 2.75) is 63.3 Å². The van der Waals surface area contributed by atoms with Crippen molar-refractivity contribution in [1.29, 1.82) is 0 Å². The molecule has 1 aromatic carbocycles. The second-order valence-corrected chi connectivity index (χ2v) is 9.56. The highest BCUT2D eigenvalue weighted by Crippen LogP contribution is 2.38. The van der Waals surface area contributed by atoms with Gasteiger partial charge in [-0.2, -0.15) is 0 Å². The Bertz CT molecular complexity index is 986. The molecule has 0 saturated heterocycles. The first kappa shape index (κ1) is 19.9. The molecule has 2 heterocycles. The van der Waals surface area contributed by atoms with Crippen molar-refractivity contribution in [3.8, 4) is 5.75 Å². The van der Waals surface area contributed by atoms with E-state index in [4.69, 9.17) is 9.72 Å². The number of allylic oxidation sites excluding steroid dienone is 5. The minimum atomic E-state index is 0.658. The molecule has 1 saturated carbocycles. The summed E-state index contributed by atoms with van der Waals surface area (Å²) in [6, 6.07) is 7.27. The van der Waals surface area contributed by atoms with Gasteiger partial charge in [-0.15, -0.1) is 11.8 Å². The monoisotopic (exact) mass is 418 g/mol. The van der Waals surface area contributed by atoms with Crippen LogP contribution in [0.5, 0.6) is 5.75 Å². The summed E-state index contributed by atoms with van der Waals surface area (Å²) in [4.78, 5) is 8.60. The van der Waals surface area contributed by atoms with Crippen molar-refractivity contribution < 1.29 is 4.74 Å². The van der Waals surface area contributed by atoms with E-state index >= 15 is 0 Å². The summed E-state index contributed by atoms with van der Waals surface area (Å²) < 4.78 is 6.33. The lowest BCUT2D eigenvalue weighted by molar-refractivity contribution is 0.0504. The van der Waals surface area contributed by atoms with E-state index in [1.54, 1.807) is 0 Å². The van der Waals surface area contributed by atoms with Crippen LogP contribution < -0.4 is 4.74 Å². The number of rotatable bonds is 4. The Morgan fingerprint density at radius 1 is 1.13 bits per heavy atom. The van der Waals surface area contributed by atoms with Crippen LogP contribution in [-0.2, 0) is 12.3 Å². The number of thioether (sulfide) groups is 1. The molecule has 1 aromatic heterocycles. The van der Waals surface area contributed by atoms with Gasteiger partial charge >= 0.3 is 0 Å². The van der Waals surface area contributed by atoms with Gasteiger partial charge < -0.3 is 4.74 Å². The quantitative estimate of drug-likeness (QED) is 0.513. The summed E-state index contributed by atoms with van der Waals surface area (Å²) >= 11 is 1.90. The zero-order chi connectivity index (χ0) is 20.2. The molecule has 0 radical (unpaired) electrons. The minimum absolute atomic E-state index is 0.658. The number of ether oxygens (including phenoxy) is 1. The number of fused-ring (bicyclic) bond motifs is 3. The van der Waals surface area contributed by atoms with E-state index in [1.807, 2.05) is 24.0 Å². The van der Waals surface area contributed by atoms with Gasteiger partial charge in [0.25, 0.3) is 0 Å².